The van der Waals surface area contributed by atoms with E-state index < -0.39 is 0 Å². The molecule has 0 bridgehead atoms. The standard InChI is InChI=1S/C23H17BrN2O/c1-15-9-11-16(12-10-15)22-14-20(19-7-2-3-8-21(19)26-22)23(27)25-18-6-4-5-17(24)13-18/h2-14H,1H3,(H,25,27). The zero-order chi connectivity index (χ0) is 18.8. The van der Waals surface area contributed by atoms with E-state index in [1.165, 1.54) is 5.56 Å². The molecule has 4 rings (SSSR count). The van der Waals surface area contributed by atoms with E-state index in [2.05, 4.69) is 28.2 Å². The number of nitrogens with one attached hydrogen (secondary N) is 1. The minimum Gasteiger partial charge on any atom is -0.322 e. The third kappa shape index (κ3) is 3.76. The number of pyridine rings is 1. The van der Waals surface area contributed by atoms with Gasteiger partial charge in [-0.3, -0.25) is 4.79 Å². The second-order valence-corrected chi connectivity index (χ2v) is 7.32. The lowest BCUT2D eigenvalue weighted by Crippen LogP contribution is -2.13. The third-order valence-corrected chi connectivity index (χ3v) is 4.88. The van der Waals surface area contributed by atoms with E-state index in [-0.39, 0.29) is 5.91 Å². The van der Waals surface area contributed by atoms with Crippen molar-refractivity contribution in [2.75, 3.05) is 5.32 Å². The summed E-state index contributed by atoms with van der Waals surface area (Å²) in [6, 6.07) is 25.3. The lowest BCUT2D eigenvalue weighted by atomic mass is 10.0. The maximum absolute atomic E-state index is 13.0. The van der Waals surface area contributed by atoms with Gasteiger partial charge in [-0.1, -0.05) is 70.0 Å². The summed E-state index contributed by atoms with van der Waals surface area (Å²) in [5.41, 5.74) is 5.11. The highest BCUT2D eigenvalue weighted by Crippen LogP contribution is 2.26. The van der Waals surface area contributed by atoms with Gasteiger partial charge in [-0.2, -0.15) is 0 Å². The van der Waals surface area contributed by atoms with Crippen molar-refractivity contribution in [1.82, 2.24) is 4.98 Å². The summed E-state index contributed by atoms with van der Waals surface area (Å²) in [6.45, 7) is 2.05. The quantitative estimate of drug-likeness (QED) is 0.430. The molecule has 3 nitrogen and oxygen atoms in total. The largest absolute Gasteiger partial charge is 0.322 e. The number of anilines is 1. The Morgan fingerprint density at radius 3 is 2.48 bits per heavy atom. The van der Waals surface area contributed by atoms with Crippen molar-refractivity contribution in [3.63, 3.8) is 0 Å². The zero-order valence-electron chi connectivity index (χ0n) is 14.7. The number of hydrogen-bond acceptors (Lipinski definition) is 2. The van der Waals surface area contributed by atoms with Crippen molar-refractivity contribution in [2.45, 2.75) is 6.92 Å². The maximum atomic E-state index is 13.0. The van der Waals surface area contributed by atoms with Crippen LogP contribution in [0.5, 0.6) is 0 Å². The molecule has 0 fully saturated rings. The van der Waals surface area contributed by atoms with E-state index in [0.29, 0.717) is 5.56 Å². The highest BCUT2D eigenvalue weighted by Gasteiger charge is 2.14. The average molecular weight is 417 g/mol. The molecular formula is C23H17BrN2O. The molecule has 0 spiro atoms. The average Bonchev–Trinajstić information content (AvgIpc) is 2.67. The smallest absolute Gasteiger partial charge is 0.256 e. The van der Waals surface area contributed by atoms with Gasteiger partial charge in [-0.15, -0.1) is 0 Å². The first-order chi connectivity index (χ1) is 13.1. The summed E-state index contributed by atoms with van der Waals surface area (Å²) in [4.78, 5) is 17.8. The van der Waals surface area contributed by atoms with E-state index in [4.69, 9.17) is 4.98 Å². The molecule has 4 aromatic rings. The van der Waals surface area contributed by atoms with E-state index in [9.17, 15) is 4.79 Å². The summed E-state index contributed by atoms with van der Waals surface area (Å²) in [7, 11) is 0. The minimum absolute atomic E-state index is 0.153. The lowest BCUT2D eigenvalue weighted by molar-refractivity contribution is 0.102. The van der Waals surface area contributed by atoms with E-state index in [1.54, 1.807) is 0 Å². The predicted molar refractivity (Wildman–Crippen MR) is 114 cm³/mol. The fourth-order valence-electron chi connectivity index (χ4n) is 3.00. The van der Waals surface area contributed by atoms with Crippen LogP contribution in [0.15, 0.2) is 83.3 Å². The number of fused-ring (bicyclic) bond motifs is 1. The number of carbonyl (C=O) groups excluding carboxylic acids is 1. The number of carbonyl (C=O) groups is 1. The molecule has 0 unspecified atom stereocenters. The van der Waals surface area contributed by atoms with Gasteiger partial charge in [0.1, 0.15) is 0 Å². The van der Waals surface area contributed by atoms with Crippen LogP contribution < -0.4 is 5.32 Å². The predicted octanol–water partition coefficient (Wildman–Crippen LogP) is 6.23. The summed E-state index contributed by atoms with van der Waals surface area (Å²) in [6.07, 6.45) is 0. The van der Waals surface area contributed by atoms with Gasteiger partial charge >= 0.3 is 0 Å². The number of amides is 1. The van der Waals surface area contributed by atoms with Crippen LogP contribution in [-0.4, -0.2) is 10.9 Å². The van der Waals surface area contributed by atoms with Crippen LogP contribution >= 0.6 is 15.9 Å². The first kappa shape index (κ1) is 17.4. The molecule has 1 aromatic heterocycles. The van der Waals surface area contributed by atoms with Crippen molar-refractivity contribution < 1.29 is 4.79 Å². The molecule has 132 valence electrons. The van der Waals surface area contributed by atoms with Crippen LogP contribution in [0.1, 0.15) is 15.9 Å². The summed E-state index contributed by atoms with van der Waals surface area (Å²) < 4.78 is 0.917. The van der Waals surface area contributed by atoms with Gasteiger partial charge in [0.05, 0.1) is 16.8 Å². The van der Waals surface area contributed by atoms with Gasteiger partial charge in [0.15, 0.2) is 0 Å². The number of aromatic nitrogens is 1. The van der Waals surface area contributed by atoms with Crippen molar-refractivity contribution in [2.24, 2.45) is 0 Å². The van der Waals surface area contributed by atoms with Gasteiger partial charge in [0.2, 0.25) is 0 Å². The van der Waals surface area contributed by atoms with Crippen molar-refractivity contribution >= 4 is 38.4 Å². The zero-order valence-corrected chi connectivity index (χ0v) is 16.3. The Morgan fingerprint density at radius 2 is 1.70 bits per heavy atom. The Kier molecular flexibility index (Phi) is 4.73. The molecule has 3 aromatic carbocycles. The molecule has 1 heterocycles. The molecule has 0 aliphatic rings. The van der Waals surface area contributed by atoms with E-state index >= 15 is 0 Å². The topological polar surface area (TPSA) is 42.0 Å². The van der Waals surface area contributed by atoms with Crippen LogP contribution in [0.3, 0.4) is 0 Å². The first-order valence-corrected chi connectivity index (χ1v) is 9.43. The second-order valence-electron chi connectivity index (χ2n) is 6.40. The SMILES string of the molecule is Cc1ccc(-c2cc(C(=O)Nc3cccc(Br)c3)c3ccccc3n2)cc1. The van der Waals surface area contributed by atoms with E-state index in [1.807, 2.05) is 78.9 Å². The number of rotatable bonds is 3. The molecule has 0 saturated heterocycles. The van der Waals surface area contributed by atoms with Crippen molar-refractivity contribution in [3.8, 4) is 11.3 Å². The van der Waals surface area contributed by atoms with Crippen LogP contribution in [-0.2, 0) is 0 Å². The van der Waals surface area contributed by atoms with Gasteiger partial charge in [0.25, 0.3) is 5.91 Å². The number of hydrogen-bond donors (Lipinski definition) is 1. The number of aryl methyl sites for hydroxylation is 1. The van der Waals surface area contributed by atoms with Crippen LogP contribution in [0, 0.1) is 6.92 Å². The Balaban J connectivity index is 1.80. The fraction of sp³-hybridized carbons (Fsp3) is 0.0435. The van der Waals surface area contributed by atoms with Crippen molar-refractivity contribution in [3.05, 3.63) is 94.5 Å². The third-order valence-electron chi connectivity index (χ3n) is 4.39. The first-order valence-electron chi connectivity index (χ1n) is 8.64. The summed E-state index contributed by atoms with van der Waals surface area (Å²) in [5.74, 6) is -0.153. The molecule has 0 aliphatic heterocycles. The molecule has 0 saturated carbocycles. The number of halogens is 1. The summed E-state index contributed by atoms with van der Waals surface area (Å²) in [5, 5.41) is 3.82. The van der Waals surface area contributed by atoms with Crippen molar-refractivity contribution in [1.29, 1.82) is 0 Å². The normalized spacial score (nSPS) is 10.7. The fourth-order valence-corrected chi connectivity index (χ4v) is 3.40. The highest BCUT2D eigenvalue weighted by atomic mass is 79.9. The Bertz CT molecular complexity index is 1140. The molecule has 0 aliphatic carbocycles. The molecule has 27 heavy (non-hydrogen) atoms. The Labute approximate surface area is 166 Å². The molecule has 1 amide bonds. The second kappa shape index (κ2) is 7.33. The monoisotopic (exact) mass is 416 g/mol. The Hall–Kier alpha value is -2.98. The van der Waals surface area contributed by atoms with Gasteiger partial charge in [0, 0.05) is 21.1 Å². The minimum atomic E-state index is -0.153. The number of nitrogens with zero attached hydrogens (tertiary/aromatic N) is 1. The lowest BCUT2D eigenvalue weighted by Gasteiger charge is -2.11. The van der Waals surface area contributed by atoms with Crippen LogP contribution in [0.25, 0.3) is 22.2 Å². The molecular weight excluding hydrogens is 400 g/mol. The van der Waals surface area contributed by atoms with Gasteiger partial charge < -0.3 is 5.32 Å². The van der Waals surface area contributed by atoms with E-state index in [0.717, 1.165) is 32.3 Å². The van der Waals surface area contributed by atoms with Crippen LogP contribution in [0.4, 0.5) is 5.69 Å². The Morgan fingerprint density at radius 1 is 0.926 bits per heavy atom. The van der Waals surface area contributed by atoms with Crippen LogP contribution in [0.2, 0.25) is 0 Å². The molecule has 1 N–H and O–H groups in total. The van der Waals surface area contributed by atoms with Gasteiger partial charge in [-0.05, 0) is 37.3 Å². The molecule has 0 atom stereocenters. The maximum Gasteiger partial charge on any atom is 0.256 e. The number of para-hydroxylation sites is 1. The molecule has 0 radical (unpaired) electrons. The summed E-state index contributed by atoms with van der Waals surface area (Å²) >= 11 is 3.43. The number of benzene rings is 3. The highest BCUT2D eigenvalue weighted by molar-refractivity contribution is 9.10. The van der Waals surface area contributed by atoms with Gasteiger partial charge in [-0.25, -0.2) is 4.98 Å². The molecule has 4 heteroatoms.